The van der Waals surface area contributed by atoms with Gasteiger partial charge in [-0.15, -0.1) is 0 Å². The van der Waals surface area contributed by atoms with Crippen molar-refractivity contribution in [2.45, 2.75) is 44.4 Å². The number of hydrogen-bond acceptors (Lipinski definition) is 5. The Morgan fingerprint density at radius 1 is 1.48 bits per heavy atom. The largest absolute Gasteiger partial charge is 0.376 e. The molecular weight excluding hydrogens is 344 g/mol. The van der Waals surface area contributed by atoms with Gasteiger partial charge in [-0.25, -0.2) is 13.2 Å². The molecule has 0 radical (unpaired) electrons. The first-order chi connectivity index (χ1) is 11.9. The van der Waals surface area contributed by atoms with Crippen molar-refractivity contribution >= 4 is 15.9 Å². The predicted molar refractivity (Wildman–Crippen MR) is 93.0 cm³/mol. The van der Waals surface area contributed by atoms with Crippen molar-refractivity contribution < 1.29 is 17.9 Å². The molecule has 1 aliphatic carbocycles. The van der Waals surface area contributed by atoms with Crippen molar-refractivity contribution in [3.63, 3.8) is 0 Å². The van der Waals surface area contributed by atoms with E-state index < -0.39 is 15.9 Å². The van der Waals surface area contributed by atoms with Gasteiger partial charge < -0.3 is 15.0 Å². The van der Waals surface area contributed by atoms with Gasteiger partial charge in [0, 0.05) is 38.5 Å². The molecule has 2 fully saturated rings. The third-order valence-electron chi connectivity index (χ3n) is 5.31. The van der Waals surface area contributed by atoms with Crippen LogP contribution in [0.2, 0.25) is 0 Å². The number of aromatic nitrogens is 2. The molecule has 3 rings (SSSR count). The summed E-state index contributed by atoms with van der Waals surface area (Å²) in [5.74, 6) is -0.0699. The fraction of sp³-hybridized carbons (Fsp3) is 0.750. The maximum atomic E-state index is 12.7. The predicted octanol–water partition coefficient (Wildman–Crippen LogP) is 0.953. The van der Waals surface area contributed by atoms with Crippen molar-refractivity contribution in [3.8, 4) is 0 Å². The first-order valence-corrected chi connectivity index (χ1v) is 10.5. The van der Waals surface area contributed by atoms with Gasteiger partial charge in [-0.3, -0.25) is 4.68 Å². The second kappa shape index (κ2) is 6.95. The molecule has 2 aliphatic rings. The number of amides is 2. The normalized spacial score (nSPS) is 24.6. The van der Waals surface area contributed by atoms with Gasteiger partial charge in [0.1, 0.15) is 0 Å². The molecule has 1 unspecified atom stereocenters. The minimum Gasteiger partial charge on any atom is -0.376 e. The zero-order chi connectivity index (χ0) is 18.1. The van der Waals surface area contributed by atoms with Crippen LogP contribution in [0.4, 0.5) is 4.79 Å². The number of nitrogens with zero attached hydrogens (tertiary/aromatic N) is 3. The van der Waals surface area contributed by atoms with Crippen LogP contribution in [-0.2, 0) is 21.1 Å². The van der Waals surface area contributed by atoms with Crippen LogP contribution in [0.5, 0.6) is 0 Å². The van der Waals surface area contributed by atoms with Gasteiger partial charge in [-0.2, -0.15) is 5.10 Å². The van der Waals surface area contributed by atoms with E-state index >= 15 is 0 Å². The number of nitrogens with one attached hydrogen (secondary N) is 1. The Hall–Kier alpha value is -1.61. The summed E-state index contributed by atoms with van der Waals surface area (Å²) in [6.45, 7) is 3.30. The molecule has 1 saturated carbocycles. The topological polar surface area (TPSA) is 93.5 Å². The molecule has 0 bridgehead atoms. The number of carbonyl (C=O) groups is 1. The monoisotopic (exact) mass is 370 g/mol. The number of sulfone groups is 1. The Bertz CT molecular complexity index is 721. The lowest BCUT2D eigenvalue weighted by atomic mass is 9.80. The quantitative estimate of drug-likeness (QED) is 0.833. The summed E-state index contributed by atoms with van der Waals surface area (Å²) in [6.07, 6.45) is 6.44. The first-order valence-electron chi connectivity index (χ1n) is 8.70. The van der Waals surface area contributed by atoms with Gasteiger partial charge in [0.25, 0.3) is 0 Å². The zero-order valence-electron chi connectivity index (χ0n) is 14.8. The molecule has 1 aromatic heterocycles. The smallest absolute Gasteiger partial charge is 0.318 e. The summed E-state index contributed by atoms with van der Waals surface area (Å²) in [4.78, 5) is 14.3. The van der Waals surface area contributed by atoms with Gasteiger partial charge >= 0.3 is 6.03 Å². The third-order valence-corrected chi connectivity index (χ3v) is 6.94. The van der Waals surface area contributed by atoms with E-state index in [1.54, 1.807) is 22.9 Å². The second-order valence-corrected chi connectivity index (χ2v) is 9.08. The maximum Gasteiger partial charge on any atom is 0.318 e. The van der Waals surface area contributed by atoms with Gasteiger partial charge in [0.2, 0.25) is 0 Å². The standard InChI is InChI=1S/C16H26N4O4S/c1-3-19-10-13(9-18-19)14-11-25(22,23)8-7-20(14)15(21)17-12-16(24-2)5-4-6-16/h9-10,14H,3-8,11-12H2,1-2H3,(H,17,21). The molecule has 1 atom stereocenters. The lowest BCUT2D eigenvalue weighted by molar-refractivity contribution is -0.0680. The Balaban J connectivity index is 1.73. The van der Waals surface area contributed by atoms with Crippen molar-refractivity contribution in [3.05, 3.63) is 18.0 Å². The Kier molecular flexibility index (Phi) is 5.06. The number of methoxy groups -OCH3 is 1. The number of rotatable bonds is 5. The SMILES string of the molecule is CCn1cc(C2CS(=O)(=O)CCN2C(=O)NCC2(OC)CCC2)cn1. The molecule has 1 aromatic rings. The highest BCUT2D eigenvalue weighted by Crippen LogP contribution is 2.34. The summed E-state index contributed by atoms with van der Waals surface area (Å²) in [5, 5.41) is 7.15. The average molecular weight is 370 g/mol. The lowest BCUT2D eigenvalue weighted by Gasteiger charge is -2.41. The highest BCUT2D eigenvalue weighted by atomic mass is 32.2. The Labute approximate surface area is 148 Å². The van der Waals surface area contributed by atoms with Crippen LogP contribution in [0.3, 0.4) is 0 Å². The average Bonchev–Trinajstić information content (AvgIpc) is 3.02. The van der Waals surface area contributed by atoms with Gasteiger partial charge in [-0.1, -0.05) is 0 Å². The van der Waals surface area contributed by atoms with Crippen molar-refractivity contribution in [1.82, 2.24) is 20.0 Å². The molecule has 25 heavy (non-hydrogen) atoms. The van der Waals surface area contributed by atoms with Crippen LogP contribution in [0, 0.1) is 0 Å². The fourth-order valence-corrected chi connectivity index (χ4v) is 4.91. The number of carbonyl (C=O) groups excluding carboxylic acids is 1. The van der Waals surface area contributed by atoms with E-state index in [0.29, 0.717) is 13.1 Å². The van der Waals surface area contributed by atoms with E-state index in [9.17, 15) is 13.2 Å². The number of hydrogen-bond donors (Lipinski definition) is 1. The van der Waals surface area contributed by atoms with E-state index in [-0.39, 0.29) is 29.7 Å². The van der Waals surface area contributed by atoms with Crippen LogP contribution < -0.4 is 5.32 Å². The third kappa shape index (κ3) is 3.82. The minimum atomic E-state index is -3.17. The minimum absolute atomic E-state index is 0.00570. The molecule has 140 valence electrons. The summed E-state index contributed by atoms with van der Waals surface area (Å²) in [7, 11) is -1.50. The zero-order valence-corrected chi connectivity index (χ0v) is 15.6. The second-order valence-electron chi connectivity index (χ2n) is 6.85. The van der Waals surface area contributed by atoms with Crippen molar-refractivity contribution in [1.29, 1.82) is 0 Å². The van der Waals surface area contributed by atoms with Crippen LogP contribution in [0.15, 0.2) is 12.4 Å². The Morgan fingerprint density at radius 3 is 2.80 bits per heavy atom. The van der Waals surface area contributed by atoms with Crippen LogP contribution in [-0.4, -0.2) is 66.4 Å². The van der Waals surface area contributed by atoms with E-state index in [0.717, 1.165) is 24.8 Å². The molecule has 1 aliphatic heterocycles. The fourth-order valence-electron chi connectivity index (χ4n) is 3.41. The molecule has 0 aromatic carbocycles. The summed E-state index contributed by atoms with van der Waals surface area (Å²) >= 11 is 0. The number of urea groups is 1. The van der Waals surface area contributed by atoms with Gasteiger partial charge in [0.15, 0.2) is 9.84 Å². The highest BCUT2D eigenvalue weighted by Gasteiger charge is 2.40. The maximum absolute atomic E-state index is 12.7. The molecule has 2 heterocycles. The number of aryl methyl sites for hydroxylation is 1. The number of ether oxygens (including phenoxy) is 1. The lowest BCUT2D eigenvalue weighted by Crippen LogP contribution is -2.55. The summed E-state index contributed by atoms with van der Waals surface area (Å²) in [5.41, 5.74) is 0.491. The molecule has 0 spiro atoms. The molecule has 2 amide bonds. The van der Waals surface area contributed by atoms with E-state index in [1.165, 1.54) is 0 Å². The van der Waals surface area contributed by atoms with Crippen molar-refractivity contribution in [2.75, 3.05) is 31.7 Å². The highest BCUT2D eigenvalue weighted by molar-refractivity contribution is 7.91. The van der Waals surface area contributed by atoms with E-state index in [4.69, 9.17) is 4.74 Å². The van der Waals surface area contributed by atoms with Gasteiger partial charge in [-0.05, 0) is 26.2 Å². The van der Waals surface area contributed by atoms with Crippen molar-refractivity contribution in [2.24, 2.45) is 0 Å². The Morgan fingerprint density at radius 2 is 2.24 bits per heavy atom. The molecule has 1 saturated heterocycles. The molecular formula is C16H26N4O4S. The van der Waals surface area contributed by atoms with E-state index in [1.807, 2.05) is 13.1 Å². The molecule has 9 heteroatoms. The van der Waals surface area contributed by atoms with Crippen LogP contribution in [0.25, 0.3) is 0 Å². The van der Waals surface area contributed by atoms with Crippen LogP contribution >= 0.6 is 0 Å². The molecule has 1 N–H and O–H groups in total. The summed E-state index contributed by atoms with van der Waals surface area (Å²) < 4.78 is 31.5. The van der Waals surface area contributed by atoms with Crippen LogP contribution in [0.1, 0.15) is 37.8 Å². The summed E-state index contributed by atoms with van der Waals surface area (Å²) in [6, 6.07) is -0.744. The van der Waals surface area contributed by atoms with E-state index in [2.05, 4.69) is 10.4 Å². The molecule has 8 nitrogen and oxygen atoms in total. The first kappa shape index (κ1) is 18.2. The van der Waals surface area contributed by atoms with Gasteiger partial charge in [0.05, 0.1) is 29.3 Å².